The molecule has 1 aromatic carbocycles. The zero-order chi connectivity index (χ0) is 14.1. The highest BCUT2D eigenvalue weighted by atomic mass is 32.2. The summed E-state index contributed by atoms with van der Waals surface area (Å²) < 4.78 is 0. The van der Waals surface area contributed by atoms with E-state index in [1.165, 1.54) is 6.07 Å². The molecular formula is C14H13N3O2S. The molecule has 3 rings (SSSR count). The molecule has 20 heavy (non-hydrogen) atoms. The maximum Gasteiger partial charge on any atom is 0.274 e. The quantitative estimate of drug-likeness (QED) is 0.783. The third-order valence-corrected chi connectivity index (χ3v) is 4.13. The molecule has 0 bridgehead atoms. The highest BCUT2D eigenvalue weighted by molar-refractivity contribution is 7.99. The minimum absolute atomic E-state index is 0.213. The number of nitrogens with two attached hydrogens (primary N) is 1. The predicted molar refractivity (Wildman–Crippen MR) is 80.3 cm³/mol. The van der Waals surface area contributed by atoms with Gasteiger partial charge in [0.1, 0.15) is 5.69 Å². The van der Waals surface area contributed by atoms with Gasteiger partial charge in [-0.2, -0.15) is 0 Å². The van der Waals surface area contributed by atoms with Gasteiger partial charge in [0.05, 0.1) is 5.69 Å². The largest absolute Gasteiger partial charge is 0.399 e. The number of aromatic amines is 1. The van der Waals surface area contributed by atoms with Crippen LogP contribution in [0, 0.1) is 0 Å². The van der Waals surface area contributed by atoms with Crippen molar-refractivity contribution in [3.63, 3.8) is 0 Å². The first-order valence-electron chi connectivity index (χ1n) is 6.19. The molecule has 0 atom stereocenters. The Hall–Kier alpha value is -2.21. The molecule has 2 heterocycles. The number of nitrogens with zero attached hydrogens (tertiary/aromatic N) is 1. The number of rotatable bonds is 1. The molecule has 1 aliphatic rings. The molecule has 2 aromatic rings. The Morgan fingerprint density at radius 1 is 1.30 bits per heavy atom. The van der Waals surface area contributed by atoms with Crippen molar-refractivity contribution in [3.8, 4) is 0 Å². The van der Waals surface area contributed by atoms with Crippen LogP contribution in [-0.4, -0.2) is 23.2 Å². The molecule has 0 radical (unpaired) electrons. The van der Waals surface area contributed by atoms with E-state index < -0.39 is 0 Å². The molecule has 1 aromatic heterocycles. The van der Waals surface area contributed by atoms with E-state index in [2.05, 4.69) is 4.98 Å². The van der Waals surface area contributed by atoms with E-state index in [0.29, 0.717) is 12.2 Å². The Labute approximate surface area is 119 Å². The van der Waals surface area contributed by atoms with Crippen LogP contribution in [0.2, 0.25) is 0 Å². The first-order chi connectivity index (χ1) is 9.65. The molecule has 5 nitrogen and oxygen atoms in total. The summed E-state index contributed by atoms with van der Waals surface area (Å²) in [5, 5.41) is 0. The SMILES string of the molecule is Nc1ccc2c(c1)N(C(=O)c1cccc(=O)[nH]1)CCS2. The second-order valence-corrected chi connectivity index (χ2v) is 5.60. The molecule has 0 aliphatic carbocycles. The van der Waals surface area contributed by atoms with Gasteiger partial charge < -0.3 is 15.6 Å². The lowest BCUT2D eigenvalue weighted by atomic mass is 10.2. The molecule has 6 heteroatoms. The maximum absolute atomic E-state index is 12.5. The number of carbonyl (C=O) groups excluding carboxylic acids is 1. The van der Waals surface area contributed by atoms with E-state index in [-0.39, 0.29) is 17.2 Å². The highest BCUT2D eigenvalue weighted by Gasteiger charge is 2.24. The van der Waals surface area contributed by atoms with Gasteiger partial charge in [-0.3, -0.25) is 9.59 Å². The van der Waals surface area contributed by atoms with Gasteiger partial charge in [-0.05, 0) is 24.3 Å². The van der Waals surface area contributed by atoms with Crippen LogP contribution in [0.15, 0.2) is 46.1 Å². The molecular weight excluding hydrogens is 274 g/mol. The zero-order valence-electron chi connectivity index (χ0n) is 10.6. The monoisotopic (exact) mass is 287 g/mol. The molecule has 0 spiro atoms. The summed E-state index contributed by atoms with van der Waals surface area (Å²) in [7, 11) is 0. The number of benzene rings is 1. The van der Waals surface area contributed by atoms with Crippen molar-refractivity contribution in [2.45, 2.75) is 4.90 Å². The van der Waals surface area contributed by atoms with Crippen LogP contribution in [-0.2, 0) is 0 Å². The highest BCUT2D eigenvalue weighted by Crippen LogP contribution is 2.36. The van der Waals surface area contributed by atoms with E-state index >= 15 is 0 Å². The summed E-state index contributed by atoms with van der Waals surface area (Å²) >= 11 is 1.70. The van der Waals surface area contributed by atoms with Crippen molar-refractivity contribution in [3.05, 3.63) is 52.4 Å². The summed E-state index contributed by atoms with van der Waals surface area (Å²) in [5.74, 6) is 0.606. The van der Waals surface area contributed by atoms with E-state index in [1.807, 2.05) is 12.1 Å². The lowest BCUT2D eigenvalue weighted by Crippen LogP contribution is -2.36. The van der Waals surface area contributed by atoms with Crippen molar-refractivity contribution in [1.82, 2.24) is 4.98 Å². The maximum atomic E-state index is 12.5. The Morgan fingerprint density at radius 3 is 2.95 bits per heavy atom. The summed E-state index contributed by atoms with van der Waals surface area (Å²) in [4.78, 5) is 29.1. The number of carbonyl (C=O) groups is 1. The fraction of sp³-hybridized carbons (Fsp3) is 0.143. The van der Waals surface area contributed by atoms with Crippen LogP contribution < -0.4 is 16.2 Å². The molecule has 0 saturated carbocycles. The number of pyridine rings is 1. The average Bonchev–Trinajstić information content (AvgIpc) is 2.46. The van der Waals surface area contributed by atoms with E-state index in [1.54, 1.807) is 34.9 Å². The Morgan fingerprint density at radius 2 is 2.15 bits per heavy atom. The van der Waals surface area contributed by atoms with Gasteiger partial charge in [0.25, 0.3) is 5.91 Å². The van der Waals surface area contributed by atoms with Gasteiger partial charge in [0.2, 0.25) is 5.56 Å². The minimum Gasteiger partial charge on any atom is -0.399 e. The van der Waals surface area contributed by atoms with Gasteiger partial charge in [-0.15, -0.1) is 11.8 Å². The Kier molecular flexibility index (Phi) is 3.23. The second kappa shape index (κ2) is 5.05. The summed E-state index contributed by atoms with van der Waals surface area (Å²) in [6.07, 6.45) is 0. The summed E-state index contributed by atoms with van der Waals surface area (Å²) in [5.41, 5.74) is 7.23. The molecule has 102 valence electrons. The lowest BCUT2D eigenvalue weighted by Gasteiger charge is -2.29. The first-order valence-corrected chi connectivity index (χ1v) is 7.17. The van der Waals surface area contributed by atoms with E-state index in [4.69, 9.17) is 5.73 Å². The number of thioether (sulfide) groups is 1. The van der Waals surface area contributed by atoms with Crippen LogP contribution in [0.4, 0.5) is 11.4 Å². The Bertz CT molecular complexity index is 726. The van der Waals surface area contributed by atoms with Crippen LogP contribution >= 0.6 is 11.8 Å². The number of nitrogens with one attached hydrogen (secondary N) is 1. The van der Waals surface area contributed by atoms with Crippen molar-refractivity contribution >= 4 is 29.0 Å². The van der Waals surface area contributed by atoms with Crippen LogP contribution in [0.1, 0.15) is 10.5 Å². The summed E-state index contributed by atoms with van der Waals surface area (Å²) in [6.45, 7) is 0.594. The van der Waals surface area contributed by atoms with Crippen LogP contribution in [0.5, 0.6) is 0 Å². The first kappa shape index (κ1) is 12.8. The van der Waals surface area contributed by atoms with E-state index in [0.717, 1.165) is 16.3 Å². The number of anilines is 2. The molecule has 1 amide bonds. The molecule has 3 N–H and O–H groups in total. The third-order valence-electron chi connectivity index (χ3n) is 3.09. The zero-order valence-corrected chi connectivity index (χ0v) is 11.4. The second-order valence-electron chi connectivity index (χ2n) is 4.46. The number of hydrogen-bond acceptors (Lipinski definition) is 4. The average molecular weight is 287 g/mol. The predicted octanol–water partition coefficient (Wildman–Crippen LogP) is 1.71. The molecule has 1 aliphatic heterocycles. The fourth-order valence-electron chi connectivity index (χ4n) is 2.16. The number of hydrogen-bond donors (Lipinski definition) is 2. The van der Waals surface area contributed by atoms with Crippen LogP contribution in [0.3, 0.4) is 0 Å². The molecule has 0 saturated heterocycles. The van der Waals surface area contributed by atoms with Gasteiger partial charge in [-0.25, -0.2) is 0 Å². The number of amides is 1. The van der Waals surface area contributed by atoms with Crippen molar-refractivity contribution in [2.24, 2.45) is 0 Å². The minimum atomic E-state index is -0.282. The fourth-order valence-corrected chi connectivity index (χ4v) is 3.14. The van der Waals surface area contributed by atoms with Gasteiger partial charge in [-0.1, -0.05) is 6.07 Å². The number of nitrogen functional groups attached to an aromatic ring is 1. The number of aromatic nitrogens is 1. The van der Waals surface area contributed by atoms with E-state index in [9.17, 15) is 9.59 Å². The van der Waals surface area contributed by atoms with Gasteiger partial charge >= 0.3 is 0 Å². The van der Waals surface area contributed by atoms with Crippen LogP contribution in [0.25, 0.3) is 0 Å². The summed E-state index contributed by atoms with van der Waals surface area (Å²) in [6, 6.07) is 10.1. The normalized spacial score (nSPS) is 13.9. The van der Waals surface area contributed by atoms with Crippen molar-refractivity contribution in [1.29, 1.82) is 0 Å². The Balaban J connectivity index is 2.02. The topological polar surface area (TPSA) is 79.2 Å². The number of H-pyrrole nitrogens is 1. The standard InChI is InChI=1S/C14H13N3O2S/c15-9-4-5-12-11(8-9)17(6-7-20-12)14(19)10-2-1-3-13(18)16-10/h1-5,8H,6-7,15H2,(H,16,18). The molecule has 0 fully saturated rings. The lowest BCUT2D eigenvalue weighted by molar-refractivity contribution is 0.0982. The smallest absolute Gasteiger partial charge is 0.274 e. The van der Waals surface area contributed by atoms with Gasteiger partial charge in [0.15, 0.2) is 0 Å². The number of fused-ring (bicyclic) bond motifs is 1. The van der Waals surface area contributed by atoms with Gasteiger partial charge in [0, 0.05) is 28.9 Å². The third kappa shape index (κ3) is 2.30. The molecule has 0 unspecified atom stereocenters. The van der Waals surface area contributed by atoms with Crippen molar-refractivity contribution < 1.29 is 4.79 Å². The van der Waals surface area contributed by atoms with Crippen molar-refractivity contribution in [2.75, 3.05) is 22.9 Å².